The van der Waals surface area contributed by atoms with Gasteiger partial charge >= 0.3 is 0 Å². The topological polar surface area (TPSA) is 63.4 Å². The van der Waals surface area contributed by atoms with Gasteiger partial charge in [-0.05, 0) is 37.4 Å². The van der Waals surface area contributed by atoms with Gasteiger partial charge in [-0.3, -0.25) is 4.31 Å². The molecule has 0 fully saturated rings. The molecule has 0 saturated heterocycles. The van der Waals surface area contributed by atoms with Crippen LogP contribution in [0.25, 0.3) is 0 Å². The quantitative estimate of drug-likeness (QED) is 0.855. The highest BCUT2D eigenvalue weighted by Crippen LogP contribution is 2.27. The monoisotopic (exact) mass is 270 g/mol. The molecule has 102 valence electrons. The fourth-order valence-corrected chi connectivity index (χ4v) is 3.09. The first-order valence-electron chi connectivity index (χ1n) is 6.18. The van der Waals surface area contributed by atoms with Gasteiger partial charge in [0.2, 0.25) is 10.0 Å². The van der Waals surface area contributed by atoms with Gasteiger partial charge in [0.15, 0.2) is 0 Å². The van der Waals surface area contributed by atoms with E-state index in [2.05, 4.69) is 0 Å². The van der Waals surface area contributed by atoms with Crippen LogP contribution in [0.2, 0.25) is 0 Å². The standard InChI is InChI=1S/C13H22N2O2S/c1-4-12-8-5-7-11(2)13(12)15(10-6-9-14)18(3,16)17/h5,7-8H,4,6,9-10,14H2,1-3H3. The first-order chi connectivity index (χ1) is 8.41. The number of para-hydroxylation sites is 1. The Bertz CT molecular complexity index is 498. The third kappa shape index (κ3) is 3.46. The average molecular weight is 270 g/mol. The Kier molecular flexibility index (Phi) is 5.16. The Labute approximate surface area is 110 Å². The molecule has 4 nitrogen and oxygen atoms in total. The minimum atomic E-state index is -3.27. The van der Waals surface area contributed by atoms with Crippen molar-refractivity contribution in [3.8, 4) is 0 Å². The predicted octanol–water partition coefficient (Wildman–Crippen LogP) is 1.67. The Balaban J connectivity index is 3.29. The number of nitrogens with two attached hydrogens (primary N) is 1. The van der Waals surface area contributed by atoms with Crippen LogP contribution >= 0.6 is 0 Å². The minimum absolute atomic E-state index is 0.438. The van der Waals surface area contributed by atoms with Crippen molar-refractivity contribution in [2.45, 2.75) is 26.7 Å². The lowest BCUT2D eigenvalue weighted by Crippen LogP contribution is -2.33. The molecule has 0 aliphatic heterocycles. The lowest BCUT2D eigenvalue weighted by Gasteiger charge is -2.26. The van der Waals surface area contributed by atoms with E-state index in [1.165, 1.54) is 10.6 Å². The van der Waals surface area contributed by atoms with Crippen molar-refractivity contribution < 1.29 is 8.42 Å². The third-order valence-electron chi connectivity index (χ3n) is 2.92. The Hall–Kier alpha value is -1.07. The van der Waals surface area contributed by atoms with Crippen LogP contribution in [-0.4, -0.2) is 27.8 Å². The van der Waals surface area contributed by atoms with E-state index in [0.717, 1.165) is 23.2 Å². The molecule has 18 heavy (non-hydrogen) atoms. The highest BCUT2D eigenvalue weighted by molar-refractivity contribution is 7.92. The molecule has 1 rings (SSSR count). The highest BCUT2D eigenvalue weighted by Gasteiger charge is 2.20. The summed E-state index contributed by atoms with van der Waals surface area (Å²) in [5.41, 5.74) is 8.34. The molecule has 0 saturated carbocycles. The fraction of sp³-hybridized carbons (Fsp3) is 0.538. The van der Waals surface area contributed by atoms with Gasteiger partial charge in [-0.2, -0.15) is 0 Å². The lowest BCUT2D eigenvalue weighted by molar-refractivity contribution is 0.595. The molecule has 0 spiro atoms. The molecule has 0 amide bonds. The van der Waals surface area contributed by atoms with E-state index in [1.54, 1.807) is 0 Å². The Morgan fingerprint density at radius 1 is 1.33 bits per heavy atom. The molecule has 0 radical (unpaired) electrons. The van der Waals surface area contributed by atoms with Gasteiger partial charge in [0.25, 0.3) is 0 Å². The van der Waals surface area contributed by atoms with Crippen LogP contribution < -0.4 is 10.0 Å². The van der Waals surface area contributed by atoms with Crippen LogP contribution in [0, 0.1) is 6.92 Å². The molecule has 0 heterocycles. The SMILES string of the molecule is CCc1cccc(C)c1N(CCCN)S(C)(=O)=O. The van der Waals surface area contributed by atoms with E-state index in [0.29, 0.717) is 19.5 Å². The molecular weight excluding hydrogens is 248 g/mol. The van der Waals surface area contributed by atoms with Gasteiger partial charge in [-0.1, -0.05) is 25.1 Å². The molecule has 0 aromatic heterocycles. The molecule has 0 bridgehead atoms. The second-order valence-corrected chi connectivity index (χ2v) is 6.32. The summed E-state index contributed by atoms with van der Waals surface area (Å²) in [6.45, 7) is 4.89. The van der Waals surface area contributed by atoms with Crippen LogP contribution in [0.5, 0.6) is 0 Å². The molecule has 1 aromatic rings. The second kappa shape index (κ2) is 6.20. The molecule has 2 N–H and O–H groups in total. The van der Waals surface area contributed by atoms with E-state index >= 15 is 0 Å². The van der Waals surface area contributed by atoms with Crippen LogP contribution in [0.15, 0.2) is 18.2 Å². The smallest absolute Gasteiger partial charge is 0.232 e. The molecule has 5 heteroatoms. The van der Waals surface area contributed by atoms with Gasteiger partial charge in [-0.15, -0.1) is 0 Å². The Morgan fingerprint density at radius 3 is 2.50 bits per heavy atom. The van der Waals surface area contributed by atoms with Gasteiger partial charge in [0.1, 0.15) is 0 Å². The number of hydrogen-bond acceptors (Lipinski definition) is 3. The summed E-state index contributed by atoms with van der Waals surface area (Å²) in [6, 6.07) is 5.87. The van der Waals surface area contributed by atoms with Gasteiger partial charge in [-0.25, -0.2) is 8.42 Å². The van der Waals surface area contributed by atoms with Crippen molar-refractivity contribution in [1.29, 1.82) is 0 Å². The van der Waals surface area contributed by atoms with Crippen LogP contribution in [0.3, 0.4) is 0 Å². The zero-order valence-corrected chi connectivity index (χ0v) is 12.1. The number of aryl methyl sites for hydroxylation is 2. The molecule has 1 aromatic carbocycles. The number of sulfonamides is 1. The summed E-state index contributed by atoms with van der Waals surface area (Å²) in [6.07, 6.45) is 2.71. The molecule has 0 unspecified atom stereocenters. The van der Waals surface area contributed by atoms with Crippen molar-refractivity contribution in [1.82, 2.24) is 0 Å². The van der Waals surface area contributed by atoms with Crippen molar-refractivity contribution in [2.24, 2.45) is 5.73 Å². The second-order valence-electron chi connectivity index (χ2n) is 4.41. The number of anilines is 1. The first kappa shape index (κ1) is 15.0. The summed E-state index contributed by atoms with van der Waals surface area (Å²) in [5, 5.41) is 0. The fourth-order valence-electron chi connectivity index (χ4n) is 2.04. The van der Waals surface area contributed by atoms with E-state index < -0.39 is 10.0 Å². The van der Waals surface area contributed by atoms with Gasteiger partial charge < -0.3 is 5.73 Å². The van der Waals surface area contributed by atoms with Crippen molar-refractivity contribution in [3.05, 3.63) is 29.3 Å². The summed E-state index contributed by atoms with van der Waals surface area (Å²) in [4.78, 5) is 0. The Morgan fingerprint density at radius 2 is 2.00 bits per heavy atom. The molecule has 0 aliphatic rings. The van der Waals surface area contributed by atoms with Gasteiger partial charge in [0.05, 0.1) is 11.9 Å². The first-order valence-corrected chi connectivity index (χ1v) is 8.03. The summed E-state index contributed by atoms with van der Waals surface area (Å²) in [5.74, 6) is 0. The number of benzene rings is 1. The maximum absolute atomic E-state index is 11.9. The minimum Gasteiger partial charge on any atom is -0.330 e. The normalized spacial score (nSPS) is 11.6. The van der Waals surface area contributed by atoms with Crippen molar-refractivity contribution in [3.63, 3.8) is 0 Å². The third-order valence-corrected chi connectivity index (χ3v) is 4.08. The van der Waals surface area contributed by atoms with Crippen molar-refractivity contribution >= 4 is 15.7 Å². The summed E-state index contributed by atoms with van der Waals surface area (Å²) < 4.78 is 25.4. The van der Waals surface area contributed by atoms with Crippen LogP contribution in [-0.2, 0) is 16.4 Å². The maximum atomic E-state index is 11.9. The number of rotatable bonds is 6. The van der Waals surface area contributed by atoms with E-state index in [4.69, 9.17) is 5.73 Å². The predicted molar refractivity (Wildman–Crippen MR) is 76.4 cm³/mol. The van der Waals surface area contributed by atoms with Crippen LogP contribution in [0.1, 0.15) is 24.5 Å². The van der Waals surface area contributed by atoms with Crippen LogP contribution in [0.4, 0.5) is 5.69 Å². The molecule has 0 aliphatic carbocycles. The molecular formula is C13H22N2O2S. The highest BCUT2D eigenvalue weighted by atomic mass is 32.2. The lowest BCUT2D eigenvalue weighted by atomic mass is 10.1. The molecule has 0 atom stereocenters. The number of hydrogen-bond donors (Lipinski definition) is 1. The van der Waals surface area contributed by atoms with Crippen molar-refractivity contribution in [2.75, 3.05) is 23.7 Å². The zero-order chi connectivity index (χ0) is 13.8. The summed E-state index contributed by atoms with van der Waals surface area (Å²) >= 11 is 0. The maximum Gasteiger partial charge on any atom is 0.232 e. The number of nitrogens with zero attached hydrogens (tertiary/aromatic N) is 1. The summed E-state index contributed by atoms with van der Waals surface area (Å²) in [7, 11) is -3.27. The largest absolute Gasteiger partial charge is 0.330 e. The van der Waals surface area contributed by atoms with E-state index in [9.17, 15) is 8.42 Å². The van der Waals surface area contributed by atoms with E-state index in [-0.39, 0.29) is 0 Å². The zero-order valence-electron chi connectivity index (χ0n) is 11.3. The average Bonchev–Trinajstić information content (AvgIpc) is 2.29. The van der Waals surface area contributed by atoms with Gasteiger partial charge in [0, 0.05) is 6.54 Å². The van der Waals surface area contributed by atoms with E-state index in [1.807, 2.05) is 32.0 Å².